The molecule has 3 nitrogen and oxygen atoms in total. The van der Waals surface area contributed by atoms with E-state index in [1.54, 1.807) is 0 Å². The molecule has 2 aliphatic rings. The number of rotatable bonds is 5. The number of hydrogen-bond donors (Lipinski definition) is 0. The van der Waals surface area contributed by atoms with E-state index in [0.717, 1.165) is 32.8 Å². The molecule has 2 saturated heterocycles. The van der Waals surface area contributed by atoms with Gasteiger partial charge in [0.2, 0.25) is 0 Å². The minimum atomic E-state index is 0.385. The first-order valence-electron chi connectivity index (χ1n) is 4.71. The van der Waals surface area contributed by atoms with E-state index in [-0.39, 0.29) is 0 Å². The zero-order valence-corrected chi connectivity index (χ0v) is 7.49. The molecule has 2 rings (SSSR count). The highest BCUT2D eigenvalue weighted by molar-refractivity contribution is 4.83. The summed E-state index contributed by atoms with van der Waals surface area (Å²) in [6, 6.07) is 0. The second-order valence-corrected chi connectivity index (χ2v) is 3.56. The second kappa shape index (κ2) is 3.73. The maximum atomic E-state index is 5.49. The van der Waals surface area contributed by atoms with E-state index in [2.05, 4.69) is 6.92 Å². The standard InChI is InChI=1S/C9H16O3/c1-2-8-9(12-8)6-11-5-7-3-10-4-7/h7-9H,2-6H2,1H3. The zero-order valence-electron chi connectivity index (χ0n) is 7.49. The maximum Gasteiger partial charge on any atom is 0.107 e. The summed E-state index contributed by atoms with van der Waals surface area (Å²) >= 11 is 0. The summed E-state index contributed by atoms with van der Waals surface area (Å²) in [7, 11) is 0. The van der Waals surface area contributed by atoms with Gasteiger partial charge in [-0.25, -0.2) is 0 Å². The van der Waals surface area contributed by atoms with Crippen LogP contribution in [0, 0.1) is 5.92 Å². The molecular weight excluding hydrogens is 156 g/mol. The molecule has 0 aromatic carbocycles. The fourth-order valence-electron chi connectivity index (χ4n) is 1.42. The summed E-state index contributed by atoms with van der Waals surface area (Å²) in [6.45, 7) is 5.52. The topological polar surface area (TPSA) is 31.0 Å². The van der Waals surface area contributed by atoms with Crippen molar-refractivity contribution in [3.63, 3.8) is 0 Å². The highest BCUT2D eigenvalue weighted by atomic mass is 16.6. The Labute approximate surface area is 73.0 Å². The lowest BCUT2D eigenvalue weighted by atomic mass is 10.1. The first-order chi connectivity index (χ1) is 5.90. The molecule has 2 heterocycles. The maximum absolute atomic E-state index is 5.49. The molecule has 0 amide bonds. The van der Waals surface area contributed by atoms with Gasteiger partial charge in [-0.05, 0) is 6.42 Å². The molecular formula is C9H16O3. The van der Waals surface area contributed by atoms with E-state index in [4.69, 9.17) is 14.2 Å². The second-order valence-electron chi connectivity index (χ2n) is 3.56. The lowest BCUT2D eigenvalue weighted by Gasteiger charge is -2.25. The quantitative estimate of drug-likeness (QED) is 0.575. The molecule has 0 spiro atoms. The highest BCUT2D eigenvalue weighted by Gasteiger charge is 2.37. The monoisotopic (exact) mass is 172 g/mol. The largest absolute Gasteiger partial charge is 0.381 e. The van der Waals surface area contributed by atoms with Crippen LogP contribution in [0.15, 0.2) is 0 Å². The van der Waals surface area contributed by atoms with Crippen molar-refractivity contribution < 1.29 is 14.2 Å². The normalized spacial score (nSPS) is 34.8. The third-order valence-corrected chi connectivity index (χ3v) is 2.43. The molecule has 0 radical (unpaired) electrons. The molecule has 0 aromatic heterocycles. The Morgan fingerprint density at radius 2 is 2.08 bits per heavy atom. The SMILES string of the molecule is CCC1OC1COCC1COC1. The Kier molecular flexibility index (Phi) is 2.63. The molecule has 0 aromatic rings. The van der Waals surface area contributed by atoms with Crippen LogP contribution in [-0.2, 0) is 14.2 Å². The fraction of sp³-hybridized carbons (Fsp3) is 1.00. The van der Waals surface area contributed by atoms with Gasteiger partial charge in [-0.15, -0.1) is 0 Å². The molecule has 3 heteroatoms. The van der Waals surface area contributed by atoms with E-state index < -0.39 is 0 Å². The van der Waals surface area contributed by atoms with E-state index in [1.807, 2.05) is 0 Å². The lowest BCUT2D eigenvalue weighted by Crippen LogP contribution is -2.32. The van der Waals surface area contributed by atoms with E-state index in [9.17, 15) is 0 Å². The molecule has 2 fully saturated rings. The Morgan fingerprint density at radius 3 is 2.58 bits per heavy atom. The summed E-state index contributed by atoms with van der Waals surface area (Å²) in [6.07, 6.45) is 1.97. The van der Waals surface area contributed by atoms with Crippen LogP contribution in [0.1, 0.15) is 13.3 Å². The minimum Gasteiger partial charge on any atom is -0.381 e. The summed E-state index contributed by atoms with van der Waals surface area (Å²) < 4.78 is 15.9. The molecule has 2 aliphatic heterocycles. The van der Waals surface area contributed by atoms with Crippen molar-refractivity contribution in [2.45, 2.75) is 25.6 Å². The van der Waals surface area contributed by atoms with Crippen molar-refractivity contribution >= 4 is 0 Å². The van der Waals surface area contributed by atoms with Gasteiger partial charge in [0.1, 0.15) is 6.10 Å². The third-order valence-electron chi connectivity index (χ3n) is 2.43. The lowest BCUT2D eigenvalue weighted by molar-refractivity contribution is -0.0728. The number of hydrogen-bond acceptors (Lipinski definition) is 3. The van der Waals surface area contributed by atoms with Crippen LogP contribution in [0.5, 0.6) is 0 Å². The van der Waals surface area contributed by atoms with Gasteiger partial charge in [0.15, 0.2) is 0 Å². The van der Waals surface area contributed by atoms with Gasteiger partial charge in [-0.2, -0.15) is 0 Å². The third kappa shape index (κ3) is 1.97. The molecule has 0 saturated carbocycles. The van der Waals surface area contributed by atoms with Crippen LogP contribution in [0.3, 0.4) is 0 Å². The van der Waals surface area contributed by atoms with E-state index in [0.29, 0.717) is 18.1 Å². The van der Waals surface area contributed by atoms with Crippen molar-refractivity contribution in [2.75, 3.05) is 26.4 Å². The van der Waals surface area contributed by atoms with E-state index in [1.165, 1.54) is 0 Å². The average Bonchev–Trinajstić information content (AvgIpc) is 2.73. The summed E-state index contributed by atoms with van der Waals surface area (Å²) in [5.41, 5.74) is 0. The summed E-state index contributed by atoms with van der Waals surface area (Å²) in [5, 5.41) is 0. The van der Waals surface area contributed by atoms with Crippen LogP contribution < -0.4 is 0 Å². The van der Waals surface area contributed by atoms with Gasteiger partial charge in [-0.1, -0.05) is 6.92 Å². The molecule has 0 bridgehead atoms. The zero-order chi connectivity index (χ0) is 8.39. The van der Waals surface area contributed by atoms with Gasteiger partial charge in [0.05, 0.1) is 32.5 Å². The van der Waals surface area contributed by atoms with Crippen LogP contribution >= 0.6 is 0 Å². The van der Waals surface area contributed by atoms with Crippen molar-refractivity contribution in [3.8, 4) is 0 Å². The molecule has 2 unspecified atom stereocenters. The average molecular weight is 172 g/mol. The van der Waals surface area contributed by atoms with Crippen molar-refractivity contribution in [2.24, 2.45) is 5.92 Å². The van der Waals surface area contributed by atoms with Crippen LogP contribution in [0.4, 0.5) is 0 Å². The van der Waals surface area contributed by atoms with Crippen LogP contribution in [0.25, 0.3) is 0 Å². The Bertz CT molecular complexity index is 145. The van der Waals surface area contributed by atoms with Crippen LogP contribution in [-0.4, -0.2) is 38.6 Å². The number of ether oxygens (including phenoxy) is 3. The van der Waals surface area contributed by atoms with Gasteiger partial charge >= 0.3 is 0 Å². The van der Waals surface area contributed by atoms with Crippen LogP contribution in [0.2, 0.25) is 0 Å². The van der Waals surface area contributed by atoms with E-state index >= 15 is 0 Å². The van der Waals surface area contributed by atoms with Gasteiger partial charge < -0.3 is 14.2 Å². The Morgan fingerprint density at radius 1 is 1.25 bits per heavy atom. The molecule has 2 atom stereocenters. The van der Waals surface area contributed by atoms with Gasteiger partial charge in [0.25, 0.3) is 0 Å². The summed E-state index contributed by atoms with van der Waals surface area (Å²) in [4.78, 5) is 0. The Balaban J connectivity index is 1.47. The Hall–Kier alpha value is -0.120. The van der Waals surface area contributed by atoms with Gasteiger partial charge in [-0.3, -0.25) is 0 Å². The highest BCUT2D eigenvalue weighted by Crippen LogP contribution is 2.25. The fourth-order valence-corrected chi connectivity index (χ4v) is 1.42. The van der Waals surface area contributed by atoms with Crippen molar-refractivity contribution in [1.82, 2.24) is 0 Å². The molecule has 70 valence electrons. The van der Waals surface area contributed by atoms with Crippen molar-refractivity contribution in [3.05, 3.63) is 0 Å². The molecule has 0 N–H and O–H groups in total. The minimum absolute atomic E-state index is 0.385. The molecule has 12 heavy (non-hydrogen) atoms. The van der Waals surface area contributed by atoms with Crippen molar-refractivity contribution in [1.29, 1.82) is 0 Å². The molecule has 0 aliphatic carbocycles. The smallest absolute Gasteiger partial charge is 0.107 e. The first-order valence-corrected chi connectivity index (χ1v) is 4.71. The number of epoxide rings is 1. The van der Waals surface area contributed by atoms with Gasteiger partial charge in [0, 0.05) is 5.92 Å². The summed E-state index contributed by atoms with van der Waals surface area (Å²) in [5.74, 6) is 0.642. The predicted molar refractivity (Wildman–Crippen MR) is 44.1 cm³/mol. The predicted octanol–water partition coefficient (Wildman–Crippen LogP) is 0.827. The first kappa shape index (κ1) is 8.48.